The third kappa shape index (κ3) is 3.49. The van der Waals surface area contributed by atoms with Crippen molar-refractivity contribution in [2.75, 3.05) is 19.6 Å². The Hall–Kier alpha value is -1.13. The number of hydrogen-bond acceptors (Lipinski definition) is 2. The molecule has 1 fully saturated rings. The van der Waals surface area contributed by atoms with E-state index in [4.69, 9.17) is 11.6 Å². The molecule has 1 aliphatic heterocycles. The molecule has 20 heavy (non-hydrogen) atoms. The summed E-state index contributed by atoms with van der Waals surface area (Å²) in [5.41, 5.74) is -0.0215. The summed E-state index contributed by atoms with van der Waals surface area (Å²) >= 11 is 5.97. The molecule has 1 aromatic rings. The Morgan fingerprint density at radius 1 is 1.50 bits per heavy atom. The van der Waals surface area contributed by atoms with Crippen molar-refractivity contribution in [3.8, 4) is 0 Å². The predicted octanol–water partition coefficient (Wildman–Crippen LogP) is 3.08. The number of benzene rings is 1. The van der Waals surface area contributed by atoms with Gasteiger partial charge in [-0.15, -0.1) is 0 Å². The molecule has 110 valence electrons. The Kier molecular flexibility index (Phi) is 5.38. The molecule has 1 amide bonds. The van der Waals surface area contributed by atoms with Crippen LogP contribution in [0.25, 0.3) is 0 Å². The van der Waals surface area contributed by atoms with Crippen molar-refractivity contribution >= 4 is 17.5 Å². The fraction of sp³-hybridized carbons (Fsp3) is 0.533. The molecule has 0 spiro atoms. The van der Waals surface area contributed by atoms with E-state index in [0.717, 1.165) is 13.0 Å². The number of piperidine rings is 1. The lowest BCUT2D eigenvalue weighted by Crippen LogP contribution is -2.45. The molecule has 1 saturated heterocycles. The summed E-state index contributed by atoms with van der Waals surface area (Å²) in [4.78, 5) is 14.1. The summed E-state index contributed by atoms with van der Waals surface area (Å²) in [7, 11) is 0. The van der Waals surface area contributed by atoms with Crippen molar-refractivity contribution in [1.29, 1.82) is 0 Å². The highest BCUT2D eigenvalue weighted by Gasteiger charge is 2.24. The van der Waals surface area contributed by atoms with Crippen LogP contribution in [-0.2, 0) is 0 Å². The largest absolute Gasteiger partial charge is 0.337 e. The number of rotatable bonds is 4. The minimum atomic E-state index is -0.558. The standard InChI is InChI=1S/C15H20ClFN2O/c1-2-19(10-11-6-3-4-9-18-11)15(20)14-12(16)7-5-8-13(14)17/h5,7-8,11,18H,2-4,6,9-10H2,1H3. The van der Waals surface area contributed by atoms with Crippen LogP contribution in [0.15, 0.2) is 18.2 Å². The van der Waals surface area contributed by atoms with Crippen LogP contribution in [0.1, 0.15) is 36.5 Å². The van der Waals surface area contributed by atoms with E-state index in [2.05, 4.69) is 5.32 Å². The third-order valence-corrected chi connectivity index (χ3v) is 4.01. The van der Waals surface area contributed by atoms with E-state index in [1.54, 1.807) is 11.0 Å². The molecule has 3 nitrogen and oxygen atoms in total. The lowest BCUT2D eigenvalue weighted by atomic mass is 10.0. The first-order chi connectivity index (χ1) is 9.63. The van der Waals surface area contributed by atoms with E-state index in [1.807, 2.05) is 6.92 Å². The second kappa shape index (κ2) is 7.04. The predicted molar refractivity (Wildman–Crippen MR) is 78.6 cm³/mol. The van der Waals surface area contributed by atoms with E-state index < -0.39 is 5.82 Å². The van der Waals surface area contributed by atoms with Gasteiger partial charge in [-0.25, -0.2) is 4.39 Å². The van der Waals surface area contributed by atoms with Crippen molar-refractivity contribution in [2.24, 2.45) is 0 Å². The van der Waals surface area contributed by atoms with E-state index in [0.29, 0.717) is 13.1 Å². The lowest BCUT2D eigenvalue weighted by Gasteiger charge is -2.30. The molecule has 0 saturated carbocycles. The molecule has 5 heteroatoms. The van der Waals surface area contributed by atoms with Crippen molar-refractivity contribution < 1.29 is 9.18 Å². The monoisotopic (exact) mass is 298 g/mol. The molecule has 1 N–H and O–H groups in total. The van der Waals surface area contributed by atoms with Gasteiger partial charge in [-0.05, 0) is 38.4 Å². The van der Waals surface area contributed by atoms with E-state index >= 15 is 0 Å². The molecular formula is C15H20ClFN2O. The van der Waals surface area contributed by atoms with Gasteiger partial charge in [0.25, 0.3) is 5.91 Å². The Morgan fingerprint density at radius 3 is 2.90 bits per heavy atom. The third-order valence-electron chi connectivity index (χ3n) is 3.70. The van der Waals surface area contributed by atoms with Crippen LogP contribution < -0.4 is 5.32 Å². The van der Waals surface area contributed by atoms with Crippen molar-refractivity contribution in [2.45, 2.75) is 32.2 Å². The van der Waals surface area contributed by atoms with Gasteiger partial charge in [-0.3, -0.25) is 4.79 Å². The molecule has 0 radical (unpaired) electrons. The van der Waals surface area contributed by atoms with Gasteiger partial charge in [-0.1, -0.05) is 24.1 Å². The summed E-state index contributed by atoms with van der Waals surface area (Å²) in [6.45, 7) is 4.02. The molecule has 1 atom stereocenters. The number of halogens is 2. The number of nitrogens with zero attached hydrogens (tertiary/aromatic N) is 1. The van der Waals surface area contributed by atoms with E-state index in [-0.39, 0.29) is 22.5 Å². The fourth-order valence-corrected chi connectivity index (χ4v) is 2.81. The minimum Gasteiger partial charge on any atom is -0.337 e. The Bertz CT molecular complexity index is 455. The smallest absolute Gasteiger partial charge is 0.258 e. The number of carbonyl (C=O) groups is 1. The second-order valence-electron chi connectivity index (χ2n) is 5.09. The fourth-order valence-electron chi connectivity index (χ4n) is 2.56. The van der Waals surface area contributed by atoms with Crippen LogP contribution in [0.2, 0.25) is 5.02 Å². The first kappa shape index (κ1) is 15.3. The summed E-state index contributed by atoms with van der Waals surface area (Å²) < 4.78 is 13.8. The molecular weight excluding hydrogens is 279 g/mol. The van der Waals surface area contributed by atoms with E-state index in [1.165, 1.54) is 25.0 Å². The molecule has 1 aromatic carbocycles. The Balaban J connectivity index is 2.12. The first-order valence-corrected chi connectivity index (χ1v) is 7.48. The van der Waals surface area contributed by atoms with Crippen molar-refractivity contribution in [3.63, 3.8) is 0 Å². The molecule has 1 aliphatic rings. The van der Waals surface area contributed by atoms with Crippen LogP contribution in [0.5, 0.6) is 0 Å². The average molecular weight is 299 g/mol. The van der Waals surface area contributed by atoms with Crippen molar-refractivity contribution in [1.82, 2.24) is 10.2 Å². The summed E-state index contributed by atoms with van der Waals surface area (Å²) in [5.74, 6) is -0.888. The minimum absolute atomic E-state index is 0.0215. The topological polar surface area (TPSA) is 32.3 Å². The maximum absolute atomic E-state index is 13.8. The van der Waals surface area contributed by atoms with Crippen LogP contribution in [-0.4, -0.2) is 36.5 Å². The van der Waals surface area contributed by atoms with Crippen LogP contribution >= 0.6 is 11.6 Å². The quantitative estimate of drug-likeness (QED) is 0.926. The number of nitrogens with one attached hydrogen (secondary N) is 1. The zero-order chi connectivity index (χ0) is 14.5. The van der Waals surface area contributed by atoms with Crippen molar-refractivity contribution in [3.05, 3.63) is 34.6 Å². The first-order valence-electron chi connectivity index (χ1n) is 7.10. The van der Waals surface area contributed by atoms with Gasteiger partial charge in [0.15, 0.2) is 0 Å². The zero-order valence-corrected chi connectivity index (χ0v) is 12.4. The maximum atomic E-state index is 13.8. The van der Waals surface area contributed by atoms with Gasteiger partial charge in [0, 0.05) is 19.1 Å². The summed E-state index contributed by atoms with van der Waals surface area (Å²) in [6.07, 6.45) is 3.40. The van der Waals surface area contributed by atoms with Gasteiger partial charge in [0.1, 0.15) is 5.82 Å². The molecule has 1 unspecified atom stereocenters. The molecule has 0 aromatic heterocycles. The number of amides is 1. The molecule has 2 rings (SSSR count). The maximum Gasteiger partial charge on any atom is 0.258 e. The van der Waals surface area contributed by atoms with Gasteiger partial charge in [0.05, 0.1) is 10.6 Å². The van der Waals surface area contributed by atoms with Crippen LogP contribution in [0.3, 0.4) is 0 Å². The van der Waals surface area contributed by atoms with Gasteiger partial charge in [0.2, 0.25) is 0 Å². The Labute approximate surface area is 124 Å². The number of carbonyl (C=O) groups excluding carboxylic acids is 1. The Morgan fingerprint density at radius 2 is 2.30 bits per heavy atom. The van der Waals surface area contributed by atoms with Gasteiger partial charge < -0.3 is 10.2 Å². The number of hydrogen-bond donors (Lipinski definition) is 1. The SMILES string of the molecule is CCN(CC1CCCCN1)C(=O)c1c(F)cccc1Cl. The van der Waals surface area contributed by atoms with Crippen LogP contribution in [0.4, 0.5) is 4.39 Å². The zero-order valence-electron chi connectivity index (χ0n) is 11.7. The summed E-state index contributed by atoms with van der Waals surface area (Å²) in [5, 5.41) is 3.57. The van der Waals surface area contributed by atoms with Crippen LogP contribution in [0, 0.1) is 5.82 Å². The highest BCUT2D eigenvalue weighted by Crippen LogP contribution is 2.21. The molecule has 1 heterocycles. The highest BCUT2D eigenvalue weighted by molar-refractivity contribution is 6.33. The number of likely N-dealkylation sites (N-methyl/N-ethyl adjacent to an activating group) is 1. The van der Waals surface area contributed by atoms with Gasteiger partial charge >= 0.3 is 0 Å². The highest BCUT2D eigenvalue weighted by atomic mass is 35.5. The second-order valence-corrected chi connectivity index (χ2v) is 5.49. The summed E-state index contributed by atoms with van der Waals surface area (Å²) in [6, 6.07) is 4.61. The molecule has 0 bridgehead atoms. The molecule has 0 aliphatic carbocycles. The normalized spacial score (nSPS) is 18.9. The van der Waals surface area contributed by atoms with Gasteiger partial charge in [-0.2, -0.15) is 0 Å². The average Bonchev–Trinajstić information content (AvgIpc) is 2.45. The lowest BCUT2D eigenvalue weighted by molar-refractivity contribution is 0.0737. The van der Waals surface area contributed by atoms with E-state index in [9.17, 15) is 9.18 Å².